The number of nitrogens with zero attached hydrogens (tertiary/aromatic N) is 9. The standard InChI is InChI=1S/C2H2N10/c3-8-6-2-5-1-12(10-7-2)11-9-4/h1,10H. The summed E-state index contributed by atoms with van der Waals surface area (Å²) in [6.07, 6.45) is 1.12. The molecule has 1 rings (SSSR count). The Kier molecular flexibility index (Phi) is 2.34. The van der Waals surface area contributed by atoms with E-state index in [4.69, 9.17) is 11.1 Å². The first kappa shape index (κ1) is 7.66. The lowest BCUT2D eigenvalue weighted by Crippen LogP contribution is -2.31. The Balaban J connectivity index is 2.66. The van der Waals surface area contributed by atoms with Gasteiger partial charge in [0.2, 0.25) is 12.3 Å². The average molecular weight is 166 g/mol. The average Bonchev–Trinajstić information content (AvgIpc) is 2.09. The topological polar surface area (TPSA) is 138 Å². The molecule has 1 aliphatic rings. The second kappa shape index (κ2) is 3.66. The molecule has 0 aromatic carbocycles. The van der Waals surface area contributed by atoms with Crippen LogP contribution in [0.25, 0.3) is 20.9 Å². The lowest BCUT2D eigenvalue weighted by molar-refractivity contribution is 0.331. The zero-order valence-corrected chi connectivity index (χ0v) is 5.60. The van der Waals surface area contributed by atoms with Crippen LogP contribution in [0.4, 0.5) is 0 Å². The van der Waals surface area contributed by atoms with Crippen LogP contribution >= 0.6 is 0 Å². The minimum atomic E-state index is -0.0816. The van der Waals surface area contributed by atoms with E-state index in [9.17, 15) is 0 Å². The summed E-state index contributed by atoms with van der Waals surface area (Å²) < 4.78 is 0. The molecule has 0 bridgehead atoms. The number of rotatable bonds is 1. The van der Waals surface area contributed by atoms with Crippen LogP contribution in [0.5, 0.6) is 0 Å². The highest BCUT2D eigenvalue weighted by Crippen LogP contribution is 1.91. The number of azide groups is 2. The smallest absolute Gasteiger partial charge is 0.190 e. The lowest BCUT2D eigenvalue weighted by Gasteiger charge is -2.07. The van der Waals surface area contributed by atoms with Crippen LogP contribution in [0, 0.1) is 0 Å². The third-order valence-corrected chi connectivity index (χ3v) is 0.806. The van der Waals surface area contributed by atoms with Gasteiger partial charge in [-0.2, -0.15) is 9.90 Å². The Morgan fingerprint density at radius 1 is 1.50 bits per heavy atom. The maximum absolute atomic E-state index is 7.97. The molecule has 0 unspecified atom stereocenters. The van der Waals surface area contributed by atoms with E-state index in [1.165, 1.54) is 0 Å². The molecular weight excluding hydrogens is 164 g/mol. The van der Waals surface area contributed by atoms with Crippen molar-refractivity contribution in [3.8, 4) is 0 Å². The van der Waals surface area contributed by atoms with Crippen molar-refractivity contribution in [2.45, 2.75) is 0 Å². The number of hydrogen-bond acceptors (Lipinski definition) is 5. The summed E-state index contributed by atoms with van der Waals surface area (Å²) in [4.78, 5) is 8.43. The summed E-state index contributed by atoms with van der Waals surface area (Å²) in [5, 5.41) is 10.5. The Morgan fingerprint density at radius 2 is 2.33 bits per heavy atom. The number of guanidine groups is 1. The monoisotopic (exact) mass is 166 g/mol. The normalized spacial score (nSPS) is 13.7. The predicted octanol–water partition coefficient (Wildman–Crippen LogP) is 0.641. The molecule has 60 valence electrons. The van der Waals surface area contributed by atoms with Gasteiger partial charge >= 0.3 is 0 Å². The van der Waals surface area contributed by atoms with Crippen LogP contribution in [-0.2, 0) is 0 Å². The van der Waals surface area contributed by atoms with E-state index in [1.54, 1.807) is 0 Å². The fourth-order valence-electron chi connectivity index (χ4n) is 0.431. The zero-order valence-electron chi connectivity index (χ0n) is 5.60. The van der Waals surface area contributed by atoms with Gasteiger partial charge in [-0.15, -0.1) is 16.2 Å². The number of nitrogens with one attached hydrogen (secondary N) is 1. The maximum Gasteiger partial charge on any atom is 0.242 e. The van der Waals surface area contributed by atoms with Crippen LogP contribution in [-0.4, -0.2) is 17.4 Å². The summed E-state index contributed by atoms with van der Waals surface area (Å²) in [7, 11) is 0. The largest absolute Gasteiger partial charge is 0.242 e. The van der Waals surface area contributed by atoms with E-state index in [1.807, 2.05) is 0 Å². The molecule has 0 aliphatic carbocycles. The highest BCUT2D eigenvalue weighted by atomic mass is 15.8. The van der Waals surface area contributed by atoms with Crippen LogP contribution in [0.3, 0.4) is 0 Å². The van der Waals surface area contributed by atoms with Gasteiger partial charge in [-0.25, -0.2) is 0 Å². The summed E-state index contributed by atoms with van der Waals surface area (Å²) in [6, 6.07) is 0. The van der Waals surface area contributed by atoms with Crippen molar-refractivity contribution >= 4 is 12.3 Å². The Bertz CT molecular complexity index is 311. The molecule has 0 aromatic rings. The SMILES string of the molecule is [N-]=[N+]=NC1=NNN(N=[N+]=[N-])C=N1. The van der Waals surface area contributed by atoms with Gasteiger partial charge in [0.15, 0.2) is 0 Å². The zero-order chi connectivity index (χ0) is 8.81. The maximum atomic E-state index is 7.97. The first-order valence-electron chi connectivity index (χ1n) is 2.63. The number of hydrazine groups is 1. The van der Waals surface area contributed by atoms with Crippen LogP contribution in [0.1, 0.15) is 0 Å². The van der Waals surface area contributed by atoms with Gasteiger partial charge in [0.1, 0.15) is 0 Å². The molecule has 1 N–H and O–H groups in total. The molecule has 10 nitrogen and oxygen atoms in total. The number of aliphatic imine (C=N–C) groups is 1. The fraction of sp³-hybridized carbons (Fsp3) is 0. The van der Waals surface area contributed by atoms with Crippen molar-refractivity contribution in [3.05, 3.63) is 20.9 Å². The number of hydrazone groups is 1. The second-order valence-electron chi connectivity index (χ2n) is 1.47. The lowest BCUT2D eigenvalue weighted by atomic mass is 11.0. The molecule has 0 spiro atoms. The first-order valence-corrected chi connectivity index (χ1v) is 2.63. The van der Waals surface area contributed by atoms with Gasteiger partial charge < -0.3 is 0 Å². The van der Waals surface area contributed by atoms with E-state index >= 15 is 0 Å². The fourth-order valence-corrected chi connectivity index (χ4v) is 0.431. The quantitative estimate of drug-likeness (QED) is 0.347. The molecule has 1 heterocycles. The number of hydrogen-bond donors (Lipinski definition) is 1. The molecule has 0 fully saturated rings. The minimum Gasteiger partial charge on any atom is -0.190 e. The highest BCUT2D eigenvalue weighted by molar-refractivity contribution is 5.88. The van der Waals surface area contributed by atoms with Crippen molar-refractivity contribution in [2.24, 2.45) is 20.4 Å². The van der Waals surface area contributed by atoms with Crippen molar-refractivity contribution in [2.75, 3.05) is 0 Å². The summed E-state index contributed by atoms with van der Waals surface area (Å²) >= 11 is 0. The Hall–Kier alpha value is -2.44. The van der Waals surface area contributed by atoms with Crippen molar-refractivity contribution in [1.29, 1.82) is 0 Å². The minimum absolute atomic E-state index is 0.0816. The van der Waals surface area contributed by atoms with Crippen molar-refractivity contribution < 1.29 is 0 Å². The van der Waals surface area contributed by atoms with E-state index in [0.29, 0.717) is 0 Å². The predicted molar refractivity (Wildman–Crippen MR) is 39.2 cm³/mol. The van der Waals surface area contributed by atoms with Gasteiger partial charge in [0.05, 0.1) is 0 Å². The van der Waals surface area contributed by atoms with Gasteiger partial charge in [-0.3, -0.25) is 0 Å². The van der Waals surface area contributed by atoms with Gasteiger partial charge in [-0.05, 0) is 10.6 Å². The highest BCUT2D eigenvalue weighted by Gasteiger charge is 2.05. The van der Waals surface area contributed by atoms with Crippen molar-refractivity contribution in [3.63, 3.8) is 0 Å². The summed E-state index contributed by atoms with van der Waals surface area (Å²) in [6.45, 7) is 0. The third-order valence-electron chi connectivity index (χ3n) is 0.806. The summed E-state index contributed by atoms with van der Waals surface area (Å²) in [5.74, 6) is -0.0816. The molecule has 1 aliphatic heterocycles. The van der Waals surface area contributed by atoms with Crippen LogP contribution in [0.2, 0.25) is 0 Å². The molecule has 0 saturated carbocycles. The van der Waals surface area contributed by atoms with Crippen molar-refractivity contribution in [1.82, 2.24) is 10.7 Å². The van der Waals surface area contributed by atoms with Crippen LogP contribution in [0.15, 0.2) is 20.4 Å². The van der Waals surface area contributed by atoms with E-state index in [2.05, 4.69) is 35.8 Å². The third kappa shape index (κ3) is 1.77. The molecule has 12 heavy (non-hydrogen) atoms. The molecule has 0 atom stereocenters. The molecular formula is C2H2N10. The van der Waals surface area contributed by atoms with Gasteiger partial charge in [-0.1, -0.05) is 5.12 Å². The van der Waals surface area contributed by atoms with Gasteiger partial charge in [0.25, 0.3) is 0 Å². The van der Waals surface area contributed by atoms with Crippen LogP contribution < -0.4 is 5.53 Å². The second-order valence-corrected chi connectivity index (χ2v) is 1.47. The van der Waals surface area contributed by atoms with E-state index in [0.717, 1.165) is 11.5 Å². The first-order chi connectivity index (χ1) is 5.86. The van der Waals surface area contributed by atoms with E-state index in [-0.39, 0.29) is 5.96 Å². The van der Waals surface area contributed by atoms with Gasteiger partial charge in [0, 0.05) is 10.1 Å². The summed E-state index contributed by atoms with van der Waals surface area (Å²) in [5.41, 5.74) is 18.2. The molecule has 0 radical (unpaired) electrons. The molecule has 0 amide bonds. The molecule has 0 aromatic heterocycles. The molecule has 0 saturated heterocycles. The Labute approximate surface area is 65.4 Å². The Morgan fingerprint density at radius 3 is 2.83 bits per heavy atom. The van der Waals surface area contributed by atoms with E-state index < -0.39 is 0 Å². The molecule has 10 heteroatoms.